The van der Waals surface area contributed by atoms with Crippen LogP contribution in [0.1, 0.15) is 59.3 Å². The third-order valence-corrected chi connectivity index (χ3v) is 5.61. The molecule has 2 rings (SSSR count). The molecule has 2 amide bonds. The van der Waals surface area contributed by atoms with Crippen molar-refractivity contribution in [1.82, 2.24) is 15.5 Å². The van der Waals surface area contributed by atoms with Crippen LogP contribution >= 0.6 is 12.2 Å². The van der Waals surface area contributed by atoms with Crippen LogP contribution in [0.3, 0.4) is 0 Å². The standard InChI is InChI=1S/C18H32N4O3S/c1-18(2,3)21-16(26)20-13(10-14(19)23)15-12-7-5-4-6-11(12)8-9-22(15)17(24)25/h11-13,15H,4-10H2,1-3H3,(H2,19,23)(H,24,25)(H2,20,21,26). The highest BCUT2D eigenvalue weighted by Gasteiger charge is 2.45. The van der Waals surface area contributed by atoms with Gasteiger partial charge in [-0.15, -0.1) is 0 Å². The molecule has 1 saturated heterocycles. The molecule has 2 fully saturated rings. The zero-order chi connectivity index (χ0) is 19.5. The molecule has 2 aliphatic rings. The quantitative estimate of drug-likeness (QED) is 0.553. The van der Waals surface area contributed by atoms with Crippen molar-refractivity contribution in [1.29, 1.82) is 0 Å². The van der Waals surface area contributed by atoms with Gasteiger partial charge in [-0.3, -0.25) is 4.79 Å². The summed E-state index contributed by atoms with van der Waals surface area (Å²) in [5, 5.41) is 16.5. The molecule has 5 N–H and O–H groups in total. The summed E-state index contributed by atoms with van der Waals surface area (Å²) in [6.07, 6.45) is 4.41. The van der Waals surface area contributed by atoms with Gasteiger partial charge in [0.25, 0.3) is 0 Å². The molecule has 0 aromatic rings. The molecule has 4 unspecified atom stereocenters. The normalized spacial score (nSPS) is 27.2. The Kier molecular flexibility index (Phi) is 6.71. The number of primary amides is 1. The second-order valence-electron chi connectivity index (χ2n) is 8.59. The van der Waals surface area contributed by atoms with Gasteiger partial charge in [-0.1, -0.05) is 19.3 Å². The molecule has 1 saturated carbocycles. The number of nitrogens with zero attached hydrogens (tertiary/aromatic N) is 1. The Balaban J connectivity index is 2.26. The van der Waals surface area contributed by atoms with Crippen LogP contribution in [-0.4, -0.2) is 51.3 Å². The maximum atomic E-state index is 11.9. The number of nitrogens with one attached hydrogen (secondary N) is 2. The summed E-state index contributed by atoms with van der Waals surface area (Å²) in [7, 11) is 0. The Morgan fingerprint density at radius 2 is 1.92 bits per heavy atom. The molecule has 1 aliphatic carbocycles. The minimum atomic E-state index is -0.940. The van der Waals surface area contributed by atoms with E-state index in [-0.39, 0.29) is 23.9 Å². The van der Waals surface area contributed by atoms with Crippen molar-refractivity contribution < 1.29 is 14.7 Å². The van der Waals surface area contributed by atoms with E-state index in [1.54, 1.807) is 0 Å². The number of carbonyl (C=O) groups is 2. The molecule has 0 spiro atoms. The third kappa shape index (κ3) is 5.46. The third-order valence-electron chi connectivity index (χ3n) is 5.39. The van der Waals surface area contributed by atoms with Crippen molar-refractivity contribution in [2.75, 3.05) is 6.54 Å². The van der Waals surface area contributed by atoms with Crippen LogP contribution in [0.4, 0.5) is 4.79 Å². The summed E-state index contributed by atoms with van der Waals surface area (Å²) in [6, 6.07) is -0.712. The molecular weight excluding hydrogens is 352 g/mol. The van der Waals surface area contributed by atoms with Crippen LogP contribution in [0.25, 0.3) is 0 Å². The Morgan fingerprint density at radius 1 is 1.27 bits per heavy atom. The molecule has 8 heteroatoms. The van der Waals surface area contributed by atoms with E-state index < -0.39 is 18.0 Å². The van der Waals surface area contributed by atoms with Crippen molar-refractivity contribution in [2.24, 2.45) is 17.6 Å². The average Bonchev–Trinajstić information content (AvgIpc) is 2.50. The molecule has 0 bridgehead atoms. The first-order valence-corrected chi connectivity index (χ1v) is 9.86. The Bertz CT molecular complexity index is 549. The van der Waals surface area contributed by atoms with E-state index in [1.165, 1.54) is 11.3 Å². The predicted molar refractivity (Wildman–Crippen MR) is 105 cm³/mol. The highest BCUT2D eigenvalue weighted by atomic mass is 32.1. The summed E-state index contributed by atoms with van der Waals surface area (Å²) in [5.74, 6) is 0.290. The van der Waals surface area contributed by atoms with E-state index in [9.17, 15) is 14.7 Å². The Morgan fingerprint density at radius 3 is 2.50 bits per heavy atom. The van der Waals surface area contributed by atoms with Crippen LogP contribution in [-0.2, 0) is 4.79 Å². The monoisotopic (exact) mass is 384 g/mol. The summed E-state index contributed by atoms with van der Waals surface area (Å²) < 4.78 is 0. The number of fused-ring (bicyclic) bond motifs is 1. The number of amides is 2. The summed E-state index contributed by atoms with van der Waals surface area (Å²) in [6.45, 7) is 6.47. The zero-order valence-corrected chi connectivity index (χ0v) is 16.8. The molecule has 1 aliphatic heterocycles. The first-order chi connectivity index (χ1) is 12.1. The number of piperidine rings is 1. The topological polar surface area (TPSA) is 108 Å². The lowest BCUT2D eigenvalue weighted by Gasteiger charge is -2.49. The zero-order valence-electron chi connectivity index (χ0n) is 16.0. The van der Waals surface area contributed by atoms with Gasteiger partial charge in [-0.25, -0.2) is 4.79 Å². The van der Waals surface area contributed by atoms with Gasteiger partial charge in [0.2, 0.25) is 5.91 Å². The van der Waals surface area contributed by atoms with Gasteiger partial charge < -0.3 is 26.4 Å². The second kappa shape index (κ2) is 8.41. The lowest BCUT2D eigenvalue weighted by molar-refractivity contribution is -0.119. The van der Waals surface area contributed by atoms with Crippen LogP contribution in [0, 0.1) is 11.8 Å². The number of hydrogen-bond acceptors (Lipinski definition) is 3. The highest BCUT2D eigenvalue weighted by Crippen LogP contribution is 2.41. The van der Waals surface area contributed by atoms with Crippen LogP contribution in [0.5, 0.6) is 0 Å². The van der Waals surface area contributed by atoms with Crippen molar-refractivity contribution in [2.45, 2.75) is 76.9 Å². The van der Waals surface area contributed by atoms with Gasteiger partial charge in [-0.05, 0) is 57.7 Å². The molecule has 1 heterocycles. The largest absolute Gasteiger partial charge is 0.465 e. The molecule has 0 aromatic heterocycles. The average molecular weight is 385 g/mol. The number of hydrogen-bond donors (Lipinski definition) is 4. The minimum absolute atomic E-state index is 0.0592. The molecule has 26 heavy (non-hydrogen) atoms. The van der Waals surface area contributed by atoms with E-state index in [4.69, 9.17) is 18.0 Å². The van der Waals surface area contributed by atoms with Gasteiger partial charge in [0.15, 0.2) is 5.11 Å². The maximum absolute atomic E-state index is 11.9. The fraction of sp³-hybridized carbons (Fsp3) is 0.833. The molecule has 0 aromatic carbocycles. The fourth-order valence-electron chi connectivity index (χ4n) is 4.49. The van der Waals surface area contributed by atoms with E-state index in [2.05, 4.69) is 10.6 Å². The van der Waals surface area contributed by atoms with Crippen molar-refractivity contribution in [3.05, 3.63) is 0 Å². The van der Waals surface area contributed by atoms with E-state index >= 15 is 0 Å². The summed E-state index contributed by atoms with van der Waals surface area (Å²) in [5.41, 5.74) is 5.26. The molecule has 148 valence electrons. The number of carbonyl (C=O) groups excluding carboxylic acids is 1. The van der Waals surface area contributed by atoms with Gasteiger partial charge in [0, 0.05) is 18.5 Å². The number of thiocarbonyl (C=S) groups is 1. The highest BCUT2D eigenvalue weighted by molar-refractivity contribution is 7.80. The SMILES string of the molecule is CC(C)(C)NC(=S)NC(CC(N)=O)C1C2CCCCC2CCN1C(=O)O. The second-order valence-corrected chi connectivity index (χ2v) is 9.00. The lowest BCUT2D eigenvalue weighted by atomic mass is 9.68. The lowest BCUT2D eigenvalue weighted by Crippen LogP contribution is -2.63. The molecule has 0 radical (unpaired) electrons. The Hall–Kier alpha value is -1.57. The summed E-state index contributed by atoms with van der Waals surface area (Å²) >= 11 is 5.41. The van der Waals surface area contributed by atoms with Crippen molar-refractivity contribution in [3.63, 3.8) is 0 Å². The minimum Gasteiger partial charge on any atom is -0.465 e. The van der Waals surface area contributed by atoms with Gasteiger partial charge in [-0.2, -0.15) is 0 Å². The van der Waals surface area contributed by atoms with Gasteiger partial charge in [0.05, 0.1) is 12.1 Å². The first kappa shape index (κ1) is 20.7. The number of carboxylic acid groups (broad SMARTS) is 1. The van der Waals surface area contributed by atoms with E-state index in [0.717, 1.165) is 25.7 Å². The van der Waals surface area contributed by atoms with E-state index in [1.807, 2.05) is 20.8 Å². The Labute approximate surface area is 161 Å². The van der Waals surface area contributed by atoms with Crippen molar-refractivity contribution in [3.8, 4) is 0 Å². The molecular formula is C18H32N4O3S. The van der Waals surface area contributed by atoms with Crippen LogP contribution < -0.4 is 16.4 Å². The van der Waals surface area contributed by atoms with E-state index in [0.29, 0.717) is 17.6 Å². The smallest absolute Gasteiger partial charge is 0.407 e. The van der Waals surface area contributed by atoms with Crippen LogP contribution in [0.2, 0.25) is 0 Å². The fourth-order valence-corrected chi connectivity index (χ4v) is 4.94. The maximum Gasteiger partial charge on any atom is 0.407 e. The molecule has 7 nitrogen and oxygen atoms in total. The van der Waals surface area contributed by atoms with Crippen LogP contribution in [0.15, 0.2) is 0 Å². The van der Waals surface area contributed by atoms with Gasteiger partial charge in [0.1, 0.15) is 0 Å². The number of likely N-dealkylation sites (tertiary alicyclic amines) is 1. The van der Waals surface area contributed by atoms with Gasteiger partial charge >= 0.3 is 6.09 Å². The number of rotatable bonds is 4. The summed E-state index contributed by atoms with van der Waals surface area (Å²) in [4.78, 5) is 25.1. The predicted octanol–water partition coefficient (Wildman–Crippen LogP) is 2.05. The number of nitrogens with two attached hydrogens (primary N) is 1. The molecule has 4 atom stereocenters. The first-order valence-electron chi connectivity index (χ1n) is 9.45. The van der Waals surface area contributed by atoms with Crippen molar-refractivity contribution >= 4 is 29.3 Å².